The number of rotatable bonds is 7. The second-order valence-corrected chi connectivity index (χ2v) is 5.44. The van der Waals surface area contributed by atoms with Crippen LogP contribution in [0.4, 0.5) is 0 Å². The summed E-state index contributed by atoms with van der Waals surface area (Å²) in [6.45, 7) is 0. The van der Waals surface area contributed by atoms with Gasteiger partial charge in [0.15, 0.2) is 0 Å². The smallest absolute Gasteiger partial charge is 0.322 e. The molecule has 0 heterocycles. The second-order valence-electron chi connectivity index (χ2n) is 3.76. The molecule has 1 aromatic carbocycles. The first-order valence-electron chi connectivity index (χ1n) is 5.38. The van der Waals surface area contributed by atoms with Gasteiger partial charge in [-0.25, -0.2) is 8.42 Å². The van der Waals surface area contributed by atoms with E-state index in [1.54, 1.807) is 6.07 Å². The lowest BCUT2D eigenvalue weighted by molar-refractivity contribution is -0.145. The molecule has 0 amide bonds. The SMILES string of the molecule is COc1ccccc1S(=O)(=O)N[C@@H](CC(=O)O)C(=O)O. The van der Waals surface area contributed by atoms with E-state index in [9.17, 15) is 18.0 Å². The van der Waals surface area contributed by atoms with Gasteiger partial charge >= 0.3 is 11.9 Å². The van der Waals surface area contributed by atoms with Gasteiger partial charge in [-0.2, -0.15) is 4.72 Å². The first-order valence-corrected chi connectivity index (χ1v) is 6.86. The number of carbonyl (C=O) groups is 2. The van der Waals surface area contributed by atoms with Crippen molar-refractivity contribution >= 4 is 22.0 Å². The predicted molar refractivity (Wildman–Crippen MR) is 67.0 cm³/mol. The van der Waals surface area contributed by atoms with Gasteiger partial charge < -0.3 is 14.9 Å². The van der Waals surface area contributed by atoms with Gasteiger partial charge in [0.2, 0.25) is 10.0 Å². The molecule has 8 nitrogen and oxygen atoms in total. The fraction of sp³-hybridized carbons (Fsp3) is 0.273. The first-order chi connectivity index (χ1) is 9.27. The largest absolute Gasteiger partial charge is 0.495 e. The van der Waals surface area contributed by atoms with Crippen LogP contribution >= 0.6 is 0 Å². The molecule has 0 saturated carbocycles. The highest BCUT2D eigenvalue weighted by Gasteiger charge is 2.29. The van der Waals surface area contributed by atoms with Crippen molar-refractivity contribution in [1.29, 1.82) is 0 Å². The summed E-state index contributed by atoms with van der Waals surface area (Å²) in [5.41, 5.74) is 0. The van der Waals surface area contributed by atoms with E-state index in [-0.39, 0.29) is 10.6 Å². The van der Waals surface area contributed by atoms with Crippen molar-refractivity contribution in [1.82, 2.24) is 4.72 Å². The van der Waals surface area contributed by atoms with Gasteiger partial charge in [0, 0.05) is 0 Å². The monoisotopic (exact) mass is 303 g/mol. The number of benzene rings is 1. The topological polar surface area (TPSA) is 130 Å². The molecule has 0 aliphatic rings. The van der Waals surface area contributed by atoms with E-state index in [4.69, 9.17) is 14.9 Å². The molecule has 1 aromatic rings. The number of aliphatic carboxylic acids is 2. The first kappa shape index (κ1) is 15.9. The van der Waals surface area contributed by atoms with E-state index in [0.717, 1.165) is 0 Å². The Balaban J connectivity index is 3.09. The van der Waals surface area contributed by atoms with Gasteiger partial charge in [-0.05, 0) is 12.1 Å². The number of hydrogen-bond donors (Lipinski definition) is 3. The predicted octanol–water partition coefficient (Wildman–Crippen LogP) is -0.0986. The van der Waals surface area contributed by atoms with Gasteiger partial charge in [-0.1, -0.05) is 12.1 Å². The zero-order chi connectivity index (χ0) is 15.3. The Morgan fingerprint density at radius 2 is 1.90 bits per heavy atom. The molecule has 110 valence electrons. The molecule has 0 fully saturated rings. The number of carboxylic acid groups (broad SMARTS) is 2. The molecule has 0 aliphatic carbocycles. The highest BCUT2D eigenvalue weighted by atomic mass is 32.2. The molecular formula is C11H13NO7S. The molecule has 0 bridgehead atoms. The Morgan fingerprint density at radius 3 is 2.40 bits per heavy atom. The van der Waals surface area contributed by atoms with Gasteiger partial charge in [0.05, 0.1) is 13.5 Å². The molecule has 0 aromatic heterocycles. The minimum absolute atomic E-state index is 0.0273. The van der Waals surface area contributed by atoms with E-state index in [2.05, 4.69) is 0 Å². The van der Waals surface area contributed by atoms with Crippen molar-refractivity contribution in [3.05, 3.63) is 24.3 Å². The fourth-order valence-corrected chi connectivity index (χ4v) is 2.81. The van der Waals surface area contributed by atoms with Crippen LogP contribution in [0.15, 0.2) is 29.2 Å². The number of ether oxygens (including phenoxy) is 1. The zero-order valence-electron chi connectivity index (χ0n) is 10.4. The minimum Gasteiger partial charge on any atom is -0.495 e. The Morgan fingerprint density at radius 1 is 1.30 bits per heavy atom. The van der Waals surface area contributed by atoms with Crippen molar-refractivity contribution in [2.75, 3.05) is 7.11 Å². The van der Waals surface area contributed by atoms with Gasteiger partial charge in [0.25, 0.3) is 0 Å². The Hall–Kier alpha value is -2.13. The number of sulfonamides is 1. The number of para-hydroxylation sites is 1. The average molecular weight is 303 g/mol. The van der Waals surface area contributed by atoms with Crippen LogP contribution in [-0.2, 0) is 19.6 Å². The summed E-state index contributed by atoms with van der Waals surface area (Å²) in [7, 11) is -2.95. The molecule has 1 atom stereocenters. The lowest BCUT2D eigenvalue weighted by Crippen LogP contribution is -2.42. The summed E-state index contributed by atoms with van der Waals surface area (Å²) < 4.78 is 30.8. The minimum atomic E-state index is -4.21. The average Bonchev–Trinajstić information content (AvgIpc) is 2.37. The number of hydrogen-bond acceptors (Lipinski definition) is 5. The van der Waals surface area contributed by atoms with Crippen LogP contribution < -0.4 is 9.46 Å². The Kier molecular flexibility index (Phi) is 5.06. The molecule has 1 rings (SSSR count). The van der Waals surface area contributed by atoms with Crippen LogP contribution in [0.5, 0.6) is 5.75 Å². The second kappa shape index (κ2) is 6.35. The highest BCUT2D eigenvalue weighted by molar-refractivity contribution is 7.89. The molecule has 0 aliphatic heterocycles. The molecule has 0 radical (unpaired) electrons. The molecule has 9 heteroatoms. The summed E-state index contributed by atoms with van der Waals surface area (Å²) in [5.74, 6) is -2.98. The third-order valence-corrected chi connectivity index (χ3v) is 3.84. The molecular weight excluding hydrogens is 290 g/mol. The normalized spacial score (nSPS) is 12.7. The van der Waals surface area contributed by atoms with Crippen LogP contribution in [-0.4, -0.2) is 43.7 Å². The van der Waals surface area contributed by atoms with Crippen molar-refractivity contribution < 1.29 is 33.0 Å². The van der Waals surface area contributed by atoms with Crippen molar-refractivity contribution in [2.45, 2.75) is 17.4 Å². The highest BCUT2D eigenvalue weighted by Crippen LogP contribution is 2.22. The standard InChI is InChI=1S/C11H13NO7S/c1-19-8-4-2-3-5-9(8)20(17,18)12-7(11(15)16)6-10(13)14/h2-5,7,12H,6H2,1H3,(H,13,14)(H,15,16)/t7-/m0/s1. The quantitative estimate of drug-likeness (QED) is 0.641. The Bertz CT molecular complexity index is 611. The van der Waals surface area contributed by atoms with Crippen LogP contribution in [0.25, 0.3) is 0 Å². The Labute approximate surface area is 115 Å². The molecule has 20 heavy (non-hydrogen) atoms. The molecule has 3 N–H and O–H groups in total. The number of carboxylic acids is 2. The molecule has 0 spiro atoms. The van der Waals surface area contributed by atoms with E-state index >= 15 is 0 Å². The lowest BCUT2D eigenvalue weighted by atomic mass is 10.2. The molecule has 0 saturated heterocycles. The maximum atomic E-state index is 12.1. The van der Waals surface area contributed by atoms with Crippen molar-refractivity contribution in [3.8, 4) is 5.75 Å². The summed E-state index contributed by atoms with van der Waals surface area (Å²) in [6.07, 6.45) is -0.871. The summed E-state index contributed by atoms with van der Waals surface area (Å²) in [6, 6.07) is 3.83. The van der Waals surface area contributed by atoms with E-state index < -0.39 is 34.4 Å². The lowest BCUT2D eigenvalue weighted by Gasteiger charge is -2.14. The van der Waals surface area contributed by atoms with E-state index in [0.29, 0.717) is 0 Å². The van der Waals surface area contributed by atoms with E-state index in [1.807, 2.05) is 4.72 Å². The van der Waals surface area contributed by atoms with Crippen LogP contribution in [0.3, 0.4) is 0 Å². The zero-order valence-corrected chi connectivity index (χ0v) is 11.3. The maximum Gasteiger partial charge on any atom is 0.322 e. The van der Waals surface area contributed by atoms with Gasteiger partial charge in [-0.3, -0.25) is 9.59 Å². The number of methoxy groups -OCH3 is 1. The van der Waals surface area contributed by atoms with Gasteiger partial charge in [0.1, 0.15) is 16.7 Å². The van der Waals surface area contributed by atoms with Crippen LogP contribution in [0, 0.1) is 0 Å². The van der Waals surface area contributed by atoms with Crippen LogP contribution in [0.2, 0.25) is 0 Å². The van der Waals surface area contributed by atoms with Crippen LogP contribution in [0.1, 0.15) is 6.42 Å². The summed E-state index contributed by atoms with van der Waals surface area (Å²) in [5, 5.41) is 17.4. The fourth-order valence-electron chi connectivity index (χ4n) is 1.45. The summed E-state index contributed by atoms with van der Waals surface area (Å²) in [4.78, 5) is 21.1. The van der Waals surface area contributed by atoms with Crippen molar-refractivity contribution in [3.63, 3.8) is 0 Å². The third kappa shape index (κ3) is 3.93. The third-order valence-electron chi connectivity index (χ3n) is 2.33. The van der Waals surface area contributed by atoms with E-state index in [1.165, 1.54) is 25.3 Å². The maximum absolute atomic E-state index is 12.1. The molecule has 0 unspecified atom stereocenters. The van der Waals surface area contributed by atoms with Crippen molar-refractivity contribution in [2.24, 2.45) is 0 Å². The summed E-state index contributed by atoms with van der Waals surface area (Å²) >= 11 is 0. The van der Waals surface area contributed by atoms with Gasteiger partial charge in [-0.15, -0.1) is 0 Å². The number of nitrogens with one attached hydrogen (secondary N) is 1.